The summed E-state index contributed by atoms with van der Waals surface area (Å²) >= 11 is 3.42. The van der Waals surface area contributed by atoms with E-state index in [4.69, 9.17) is 0 Å². The number of halogens is 4. The maximum absolute atomic E-state index is 13.3. The molecule has 0 aliphatic rings. The molecule has 0 radical (unpaired) electrons. The van der Waals surface area contributed by atoms with E-state index in [0.717, 1.165) is 27.7 Å². The van der Waals surface area contributed by atoms with Crippen molar-refractivity contribution in [3.63, 3.8) is 0 Å². The van der Waals surface area contributed by atoms with Gasteiger partial charge in [-0.3, -0.25) is 0 Å². The van der Waals surface area contributed by atoms with Crippen molar-refractivity contribution in [3.8, 4) is 16.8 Å². The van der Waals surface area contributed by atoms with Gasteiger partial charge in [-0.05, 0) is 11.6 Å². The molecule has 0 saturated heterocycles. The van der Waals surface area contributed by atoms with Crippen molar-refractivity contribution in [2.24, 2.45) is 0 Å². The molecule has 0 saturated carbocycles. The molecule has 1 heterocycles. The molecule has 0 N–H and O–H groups in total. The largest absolute Gasteiger partial charge is 0.240 e. The average Bonchev–Trinajstić information content (AvgIpc) is 2.94. The van der Waals surface area contributed by atoms with Gasteiger partial charge in [-0.15, -0.1) is 0 Å². The molecule has 3 rings (SSSR count). The quantitative estimate of drug-likeness (QED) is 0.610. The predicted octanol–water partition coefficient (Wildman–Crippen LogP) is 4.72. The van der Waals surface area contributed by atoms with Gasteiger partial charge in [0.05, 0.1) is 11.9 Å². The van der Waals surface area contributed by atoms with Crippen LogP contribution in [0.4, 0.5) is 13.2 Å². The fourth-order valence-electron chi connectivity index (χ4n) is 1.97. The van der Waals surface area contributed by atoms with Crippen molar-refractivity contribution < 1.29 is 13.2 Å². The Kier molecular flexibility index (Phi) is 3.55. The van der Waals surface area contributed by atoms with Crippen molar-refractivity contribution >= 4 is 15.9 Å². The van der Waals surface area contributed by atoms with E-state index in [0.29, 0.717) is 0 Å². The van der Waals surface area contributed by atoms with Crippen LogP contribution in [0.3, 0.4) is 0 Å². The molecule has 1 aromatic heterocycles. The van der Waals surface area contributed by atoms with Gasteiger partial charge in [0.15, 0.2) is 17.5 Å². The zero-order valence-corrected chi connectivity index (χ0v) is 12.1. The Morgan fingerprint density at radius 1 is 1.00 bits per heavy atom. The Balaban J connectivity index is 2.05. The van der Waals surface area contributed by atoms with Gasteiger partial charge in [-0.25, -0.2) is 17.9 Å². The average molecular weight is 353 g/mol. The van der Waals surface area contributed by atoms with E-state index in [1.165, 1.54) is 4.68 Å². The number of benzene rings is 2. The molecule has 6 heteroatoms. The molecule has 2 nitrogen and oxygen atoms in total. The minimum absolute atomic E-state index is 0.115. The molecule has 2 aromatic carbocycles. The van der Waals surface area contributed by atoms with Crippen LogP contribution in [0.15, 0.2) is 53.3 Å². The van der Waals surface area contributed by atoms with Crippen LogP contribution in [0.5, 0.6) is 0 Å². The highest BCUT2D eigenvalue weighted by Crippen LogP contribution is 2.28. The minimum atomic E-state index is -1.49. The number of hydrogen-bond donors (Lipinski definition) is 0. The topological polar surface area (TPSA) is 17.8 Å². The molecule has 0 amide bonds. The van der Waals surface area contributed by atoms with Crippen molar-refractivity contribution in [3.05, 3.63) is 70.7 Å². The lowest BCUT2D eigenvalue weighted by Gasteiger charge is -2.03. The van der Waals surface area contributed by atoms with Gasteiger partial charge in [0.2, 0.25) is 0 Å². The lowest BCUT2D eigenvalue weighted by Crippen LogP contribution is -1.99. The third-order valence-corrected chi connectivity index (χ3v) is 3.69. The van der Waals surface area contributed by atoms with Crippen molar-refractivity contribution in [2.75, 3.05) is 0 Å². The normalized spacial score (nSPS) is 10.9. The molecular formula is C15H8BrF3N2. The van der Waals surface area contributed by atoms with Crippen molar-refractivity contribution in [2.45, 2.75) is 0 Å². The van der Waals surface area contributed by atoms with Crippen LogP contribution < -0.4 is 0 Å². The van der Waals surface area contributed by atoms with E-state index in [1.807, 2.05) is 24.3 Å². The summed E-state index contributed by atoms with van der Waals surface area (Å²) in [5, 5.41) is 4.06. The Hall–Kier alpha value is -2.08. The van der Waals surface area contributed by atoms with E-state index in [2.05, 4.69) is 21.0 Å². The number of hydrogen-bond acceptors (Lipinski definition) is 1. The third-order valence-electron chi connectivity index (χ3n) is 3.00. The summed E-state index contributed by atoms with van der Waals surface area (Å²) in [6, 6.07) is 9.31. The molecule has 0 unspecified atom stereocenters. The summed E-state index contributed by atoms with van der Waals surface area (Å²) in [4.78, 5) is 0. The van der Waals surface area contributed by atoms with Crippen molar-refractivity contribution in [1.82, 2.24) is 9.78 Å². The second kappa shape index (κ2) is 5.37. The van der Waals surface area contributed by atoms with Gasteiger partial charge in [-0.1, -0.05) is 34.1 Å². The van der Waals surface area contributed by atoms with Gasteiger partial charge in [-0.2, -0.15) is 5.10 Å². The van der Waals surface area contributed by atoms with Gasteiger partial charge < -0.3 is 0 Å². The summed E-state index contributed by atoms with van der Waals surface area (Å²) in [6.45, 7) is 0. The maximum atomic E-state index is 13.3. The van der Waals surface area contributed by atoms with Crippen LogP contribution in [-0.4, -0.2) is 9.78 Å². The zero-order valence-electron chi connectivity index (χ0n) is 10.5. The lowest BCUT2D eigenvalue weighted by molar-refractivity contribution is 0.446. The molecule has 3 aromatic rings. The number of rotatable bonds is 2. The van der Waals surface area contributed by atoms with Crippen LogP contribution in [0.25, 0.3) is 16.8 Å². The molecule has 106 valence electrons. The molecule has 0 fully saturated rings. The predicted molar refractivity (Wildman–Crippen MR) is 76.6 cm³/mol. The molecule has 0 spiro atoms. The summed E-state index contributed by atoms with van der Waals surface area (Å²) in [7, 11) is 0. The van der Waals surface area contributed by atoms with Gasteiger partial charge in [0.25, 0.3) is 0 Å². The van der Waals surface area contributed by atoms with Crippen LogP contribution in [0, 0.1) is 17.5 Å². The first kappa shape index (κ1) is 13.9. The van der Waals surface area contributed by atoms with E-state index in [-0.39, 0.29) is 5.69 Å². The van der Waals surface area contributed by atoms with Crippen molar-refractivity contribution in [1.29, 1.82) is 0 Å². The Labute approximate surface area is 127 Å². The van der Waals surface area contributed by atoms with E-state index < -0.39 is 17.5 Å². The summed E-state index contributed by atoms with van der Waals surface area (Å²) < 4.78 is 41.6. The Bertz CT molecular complexity index is 791. The molecule has 0 bridgehead atoms. The monoisotopic (exact) mass is 352 g/mol. The standard InChI is InChI=1S/C15H8BrF3N2/c16-12-4-2-1-3-11(12)9-7-20-21(8-9)10-5-13(17)15(19)14(18)6-10/h1-8H. The molecule has 0 atom stereocenters. The van der Waals surface area contributed by atoms with E-state index >= 15 is 0 Å². The Morgan fingerprint density at radius 2 is 1.67 bits per heavy atom. The van der Waals surface area contributed by atoms with Crippen LogP contribution in [0.1, 0.15) is 0 Å². The molecule has 0 aliphatic carbocycles. The first-order valence-corrected chi connectivity index (χ1v) is 6.80. The van der Waals surface area contributed by atoms with Gasteiger partial charge >= 0.3 is 0 Å². The summed E-state index contributed by atoms with van der Waals surface area (Å²) in [6.07, 6.45) is 3.19. The van der Waals surface area contributed by atoms with Crippen LogP contribution >= 0.6 is 15.9 Å². The third kappa shape index (κ3) is 2.58. The highest BCUT2D eigenvalue weighted by molar-refractivity contribution is 9.10. The highest BCUT2D eigenvalue weighted by Gasteiger charge is 2.13. The van der Waals surface area contributed by atoms with Gasteiger partial charge in [0, 0.05) is 28.4 Å². The zero-order chi connectivity index (χ0) is 15.0. The number of nitrogens with zero attached hydrogens (tertiary/aromatic N) is 2. The summed E-state index contributed by atoms with van der Waals surface area (Å²) in [5.74, 6) is -3.98. The smallest absolute Gasteiger partial charge is 0.194 e. The fraction of sp³-hybridized carbons (Fsp3) is 0. The summed E-state index contributed by atoms with van der Waals surface area (Å²) in [5.41, 5.74) is 1.78. The van der Waals surface area contributed by atoms with Gasteiger partial charge in [0.1, 0.15) is 0 Å². The molecule has 0 aliphatic heterocycles. The molecular weight excluding hydrogens is 345 g/mol. The highest BCUT2D eigenvalue weighted by atomic mass is 79.9. The van der Waals surface area contributed by atoms with Crippen LogP contribution in [0.2, 0.25) is 0 Å². The van der Waals surface area contributed by atoms with E-state index in [1.54, 1.807) is 12.4 Å². The van der Waals surface area contributed by atoms with E-state index in [9.17, 15) is 13.2 Å². The number of aromatic nitrogens is 2. The Morgan fingerprint density at radius 3 is 2.33 bits per heavy atom. The van der Waals surface area contributed by atoms with Crippen LogP contribution in [-0.2, 0) is 0 Å². The fourth-order valence-corrected chi connectivity index (χ4v) is 2.49. The SMILES string of the molecule is Fc1cc(-n2cc(-c3ccccc3Br)cn2)cc(F)c1F. The molecule has 21 heavy (non-hydrogen) atoms. The lowest BCUT2D eigenvalue weighted by atomic mass is 10.1. The first-order valence-electron chi connectivity index (χ1n) is 6.01. The maximum Gasteiger partial charge on any atom is 0.194 e. The second-order valence-corrected chi connectivity index (χ2v) is 5.23. The second-order valence-electron chi connectivity index (χ2n) is 4.38. The first-order chi connectivity index (χ1) is 10.1. The minimum Gasteiger partial charge on any atom is -0.240 e.